The van der Waals surface area contributed by atoms with E-state index in [9.17, 15) is 9.59 Å². The number of aryl methyl sites for hydroxylation is 2. The van der Waals surface area contributed by atoms with Crippen LogP contribution in [0.3, 0.4) is 0 Å². The van der Waals surface area contributed by atoms with Crippen molar-refractivity contribution < 1.29 is 14.3 Å². The van der Waals surface area contributed by atoms with Crippen LogP contribution in [-0.4, -0.2) is 59.3 Å². The monoisotopic (exact) mass is 399 g/mol. The van der Waals surface area contributed by atoms with Gasteiger partial charge < -0.3 is 9.64 Å². The number of carbonyl (C=O) groups is 2. The van der Waals surface area contributed by atoms with Crippen molar-refractivity contribution in [3.05, 3.63) is 45.4 Å². The number of hydrogen-bond donors (Lipinski definition) is 0. The van der Waals surface area contributed by atoms with Crippen LogP contribution >= 0.6 is 11.3 Å². The highest BCUT2D eigenvalue weighted by atomic mass is 32.1. The second kappa shape index (κ2) is 8.41. The van der Waals surface area contributed by atoms with Crippen molar-refractivity contribution in [2.45, 2.75) is 32.7 Å². The third-order valence-electron chi connectivity index (χ3n) is 5.28. The SMILES string of the molecule is Cc1ccc(OCC(=O)N2CCN(Cc3nc4c(s3)C(=O)CCC4)CC2)cc1. The van der Waals surface area contributed by atoms with Gasteiger partial charge in [-0.1, -0.05) is 17.7 Å². The van der Waals surface area contributed by atoms with Gasteiger partial charge in [-0.2, -0.15) is 0 Å². The molecule has 2 heterocycles. The summed E-state index contributed by atoms with van der Waals surface area (Å²) >= 11 is 1.55. The van der Waals surface area contributed by atoms with Crippen LogP contribution in [0.2, 0.25) is 0 Å². The highest BCUT2D eigenvalue weighted by Crippen LogP contribution is 2.27. The molecule has 1 amide bonds. The number of ether oxygens (including phenoxy) is 1. The van der Waals surface area contributed by atoms with Gasteiger partial charge >= 0.3 is 0 Å². The lowest BCUT2D eigenvalue weighted by Gasteiger charge is -2.34. The molecule has 1 saturated heterocycles. The fourth-order valence-corrected chi connectivity index (χ4v) is 4.72. The minimum atomic E-state index is 0.0236. The van der Waals surface area contributed by atoms with Crippen molar-refractivity contribution in [1.82, 2.24) is 14.8 Å². The zero-order valence-electron chi connectivity index (χ0n) is 16.1. The van der Waals surface area contributed by atoms with Crippen LogP contribution in [0.15, 0.2) is 24.3 Å². The van der Waals surface area contributed by atoms with E-state index in [0.717, 1.165) is 53.8 Å². The summed E-state index contributed by atoms with van der Waals surface area (Å²) in [6.45, 7) is 5.87. The van der Waals surface area contributed by atoms with Crippen LogP contribution in [0.4, 0.5) is 0 Å². The molecule has 1 aliphatic heterocycles. The van der Waals surface area contributed by atoms with E-state index in [0.29, 0.717) is 19.5 Å². The predicted octanol–water partition coefficient (Wildman–Crippen LogP) is 2.69. The second-order valence-corrected chi connectivity index (χ2v) is 8.50. The number of amides is 1. The minimum Gasteiger partial charge on any atom is -0.484 e. The fourth-order valence-electron chi connectivity index (χ4n) is 3.60. The summed E-state index contributed by atoms with van der Waals surface area (Å²) in [6.07, 6.45) is 2.49. The standard InChI is InChI=1S/C21H25N3O3S/c1-15-5-7-16(8-6-15)27-14-20(26)24-11-9-23(10-12-24)13-19-22-17-3-2-4-18(25)21(17)28-19/h5-8H,2-4,9-14H2,1H3. The highest BCUT2D eigenvalue weighted by Gasteiger charge is 2.25. The summed E-state index contributed by atoms with van der Waals surface area (Å²) in [4.78, 5) is 34.1. The summed E-state index contributed by atoms with van der Waals surface area (Å²) in [7, 11) is 0. The maximum Gasteiger partial charge on any atom is 0.260 e. The van der Waals surface area contributed by atoms with Crippen LogP contribution < -0.4 is 4.74 Å². The quantitative estimate of drug-likeness (QED) is 0.774. The molecule has 0 unspecified atom stereocenters. The van der Waals surface area contributed by atoms with Crippen molar-refractivity contribution in [3.8, 4) is 5.75 Å². The lowest BCUT2D eigenvalue weighted by atomic mass is 10.0. The molecular weight excluding hydrogens is 374 g/mol. The number of thiazole rings is 1. The van der Waals surface area contributed by atoms with Crippen molar-refractivity contribution in [1.29, 1.82) is 0 Å². The first-order valence-electron chi connectivity index (χ1n) is 9.80. The van der Waals surface area contributed by atoms with E-state index >= 15 is 0 Å². The van der Waals surface area contributed by atoms with Gasteiger partial charge in [0, 0.05) is 32.6 Å². The molecule has 1 aromatic heterocycles. The first kappa shape index (κ1) is 19.1. The molecular formula is C21H25N3O3S. The van der Waals surface area contributed by atoms with Crippen molar-refractivity contribution in [2.24, 2.45) is 0 Å². The van der Waals surface area contributed by atoms with Crippen LogP contribution in [0.5, 0.6) is 5.75 Å². The van der Waals surface area contributed by atoms with Gasteiger partial charge in [0.1, 0.15) is 10.8 Å². The largest absolute Gasteiger partial charge is 0.484 e. The van der Waals surface area contributed by atoms with Gasteiger partial charge in [0.2, 0.25) is 0 Å². The molecule has 0 bridgehead atoms. The van der Waals surface area contributed by atoms with Crippen molar-refractivity contribution in [2.75, 3.05) is 32.8 Å². The predicted molar refractivity (Wildman–Crippen MR) is 108 cm³/mol. The van der Waals surface area contributed by atoms with E-state index in [4.69, 9.17) is 4.74 Å². The Bertz CT molecular complexity index is 854. The van der Waals surface area contributed by atoms with Crippen molar-refractivity contribution in [3.63, 3.8) is 0 Å². The number of fused-ring (bicyclic) bond motifs is 1. The maximum atomic E-state index is 12.4. The number of ketones is 1. The summed E-state index contributed by atoms with van der Waals surface area (Å²) in [5.74, 6) is 0.990. The number of nitrogens with zero attached hydrogens (tertiary/aromatic N) is 3. The number of Topliss-reactive ketones (excluding diaryl/α,β-unsaturated/α-hetero) is 1. The third-order valence-corrected chi connectivity index (χ3v) is 6.40. The van der Waals surface area contributed by atoms with E-state index in [2.05, 4.69) is 9.88 Å². The Morgan fingerprint density at radius 3 is 2.61 bits per heavy atom. The summed E-state index contributed by atoms with van der Waals surface area (Å²) in [6, 6.07) is 7.73. The summed E-state index contributed by atoms with van der Waals surface area (Å²) in [5, 5.41) is 1.02. The molecule has 1 aliphatic carbocycles. The molecule has 2 aliphatic rings. The number of benzene rings is 1. The smallest absolute Gasteiger partial charge is 0.260 e. The molecule has 0 spiro atoms. The molecule has 148 valence electrons. The number of hydrogen-bond acceptors (Lipinski definition) is 6. The molecule has 0 atom stereocenters. The van der Waals surface area contributed by atoms with Gasteiger partial charge in [0.05, 0.1) is 17.1 Å². The molecule has 4 rings (SSSR count). The third kappa shape index (κ3) is 4.42. The molecule has 7 heteroatoms. The minimum absolute atomic E-state index is 0.0236. The molecule has 0 saturated carbocycles. The van der Waals surface area contributed by atoms with Crippen LogP contribution in [-0.2, 0) is 17.8 Å². The molecule has 6 nitrogen and oxygen atoms in total. The number of rotatable bonds is 5. The topological polar surface area (TPSA) is 62.7 Å². The Hall–Kier alpha value is -2.25. The van der Waals surface area contributed by atoms with E-state index in [1.807, 2.05) is 36.1 Å². The molecule has 28 heavy (non-hydrogen) atoms. The van der Waals surface area contributed by atoms with E-state index < -0.39 is 0 Å². The van der Waals surface area contributed by atoms with Crippen molar-refractivity contribution >= 4 is 23.0 Å². The Morgan fingerprint density at radius 2 is 1.89 bits per heavy atom. The lowest BCUT2D eigenvalue weighted by molar-refractivity contribution is -0.135. The molecule has 2 aromatic rings. The fraction of sp³-hybridized carbons (Fsp3) is 0.476. The molecule has 0 N–H and O–H groups in total. The van der Waals surface area contributed by atoms with Crippen LogP contribution in [0, 0.1) is 6.92 Å². The van der Waals surface area contributed by atoms with E-state index in [1.54, 1.807) is 11.3 Å². The lowest BCUT2D eigenvalue weighted by Crippen LogP contribution is -2.49. The number of aromatic nitrogens is 1. The van der Waals surface area contributed by atoms with Crippen LogP contribution in [0.25, 0.3) is 0 Å². The second-order valence-electron chi connectivity index (χ2n) is 7.42. The summed E-state index contributed by atoms with van der Waals surface area (Å²) in [5.41, 5.74) is 2.15. The van der Waals surface area contributed by atoms with Crippen LogP contribution in [0.1, 0.15) is 38.8 Å². The average molecular weight is 400 g/mol. The van der Waals surface area contributed by atoms with Gasteiger partial charge in [0.25, 0.3) is 5.91 Å². The summed E-state index contributed by atoms with van der Waals surface area (Å²) < 4.78 is 5.61. The Labute approximate surface area is 169 Å². The number of carbonyl (C=O) groups excluding carboxylic acids is 2. The molecule has 1 fully saturated rings. The Morgan fingerprint density at radius 1 is 1.14 bits per heavy atom. The Balaban J connectivity index is 1.24. The Kier molecular flexibility index (Phi) is 5.73. The van der Waals surface area contributed by atoms with Gasteiger partial charge in [-0.25, -0.2) is 4.98 Å². The zero-order chi connectivity index (χ0) is 19.5. The van der Waals surface area contributed by atoms with E-state index in [-0.39, 0.29) is 18.3 Å². The maximum absolute atomic E-state index is 12.4. The number of piperazine rings is 1. The average Bonchev–Trinajstić information content (AvgIpc) is 3.12. The van der Waals surface area contributed by atoms with Gasteiger partial charge in [-0.3, -0.25) is 14.5 Å². The normalized spacial score (nSPS) is 17.5. The van der Waals surface area contributed by atoms with E-state index in [1.165, 1.54) is 5.56 Å². The zero-order valence-corrected chi connectivity index (χ0v) is 17.0. The van der Waals surface area contributed by atoms with Gasteiger partial charge in [0.15, 0.2) is 12.4 Å². The molecule has 0 radical (unpaired) electrons. The highest BCUT2D eigenvalue weighted by molar-refractivity contribution is 7.13. The first-order chi connectivity index (χ1) is 13.6. The van der Waals surface area contributed by atoms with Gasteiger partial charge in [-0.15, -0.1) is 11.3 Å². The molecule has 1 aromatic carbocycles. The first-order valence-corrected chi connectivity index (χ1v) is 10.6. The van der Waals surface area contributed by atoms with Gasteiger partial charge in [-0.05, 0) is 31.9 Å².